The monoisotopic (exact) mass is 351 g/mol. The zero-order valence-electron chi connectivity index (χ0n) is 12.0. The molecule has 0 saturated carbocycles. The van der Waals surface area contributed by atoms with E-state index in [0.29, 0.717) is 4.34 Å². The average molecular weight is 351 g/mol. The first kappa shape index (κ1) is 16.9. The minimum atomic E-state index is -0.720. The van der Waals surface area contributed by atoms with Crippen LogP contribution in [0.5, 0.6) is 0 Å². The summed E-state index contributed by atoms with van der Waals surface area (Å²) in [6.07, 6.45) is 0. The van der Waals surface area contributed by atoms with E-state index >= 15 is 0 Å². The van der Waals surface area contributed by atoms with Gasteiger partial charge in [0, 0.05) is 16.8 Å². The second-order valence-electron chi connectivity index (χ2n) is 4.45. The minimum absolute atomic E-state index is 0.0870. The highest BCUT2D eigenvalue weighted by Crippen LogP contribution is 2.22. The van der Waals surface area contributed by atoms with Crippen molar-refractivity contribution in [1.82, 2.24) is 10.2 Å². The van der Waals surface area contributed by atoms with Gasteiger partial charge in [0.15, 0.2) is 4.34 Å². The maximum atomic E-state index is 11.9. The molecule has 0 saturated heterocycles. The number of rotatable bonds is 6. The summed E-state index contributed by atoms with van der Waals surface area (Å²) in [4.78, 5) is 34.5. The van der Waals surface area contributed by atoms with Crippen LogP contribution in [0, 0.1) is 6.92 Å². The molecule has 10 heteroatoms. The van der Waals surface area contributed by atoms with E-state index in [9.17, 15) is 14.4 Å². The number of nitrogens with two attached hydrogens (primary N) is 2. The molecule has 120 valence electrons. The zero-order valence-corrected chi connectivity index (χ0v) is 13.7. The molecule has 1 aromatic carbocycles. The van der Waals surface area contributed by atoms with Crippen molar-refractivity contribution in [3.63, 3.8) is 0 Å². The fourth-order valence-electron chi connectivity index (χ4n) is 1.65. The fourth-order valence-corrected chi connectivity index (χ4v) is 3.26. The van der Waals surface area contributed by atoms with Crippen molar-refractivity contribution in [3.05, 3.63) is 34.3 Å². The van der Waals surface area contributed by atoms with Crippen molar-refractivity contribution < 1.29 is 14.4 Å². The molecule has 1 heterocycles. The first-order chi connectivity index (χ1) is 10.8. The lowest BCUT2D eigenvalue weighted by molar-refractivity contribution is -0.113. The number of benzene rings is 1. The maximum absolute atomic E-state index is 11.9. The second kappa shape index (κ2) is 7.20. The number of aromatic nitrogens is 2. The Balaban J connectivity index is 2.07. The van der Waals surface area contributed by atoms with E-state index in [1.807, 2.05) is 6.92 Å². The third-order valence-electron chi connectivity index (χ3n) is 2.62. The van der Waals surface area contributed by atoms with Crippen molar-refractivity contribution >= 4 is 46.5 Å². The van der Waals surface area contributed by atoms with E-state index in [1.54, 1.807) is 0 Å². The zero-order chi connectivity index (χ0) is 17.0. The standard InChI is InChI=1S/C13H13N5O3S2/c1-6-17-18-13(23-6)22-5-10(19)16-9-3-7(11(14)20)2-8(4-9)12(15)21/h2-4H,5H2,1H3,(H2,14,20)(H2,15,21)(H,16,19). The summed E-state index contributed by atoms with van der Waals surface area (Å²) in [6, 6.07) is 4.04. The van der Waals surface area contributed by atoms with Gasteiger partial charge in [0.05, 0.1) is 5.75 Å². The van der Waals surface area contributed by atoms with E-state index < -0.39 is 11.8 Å². The number of nitrogens with zero attached hydrogens (tertiary/aromatic N) is 2. The van der Waals surface area contributed by atoms with Crippen molar-refractivity contribution in [2.75, 3.05) is 11.1 Å². The summed E-state index contributed by atoms with van der Waals surface area (Å²) in [7, 11) is 0. The van der Waals surface area contributed by atoms with E-state index in [4.69, 9.17) is 11.5 Å². The minimum Gasteiger partial charge on any atom is -0.366 e. The quantitative estimate of drug-likeness (QED) is 0.657. The molecular formula is C13H13N5O3S2. The van der Waals surface area contributed by atoms with Gasteiger partial charge in [-0.05, 0) is 25.1 Å². The third-order valence-corrected chi connectivity index (χ3v) is 4.59. The molecule has 5 N–H and O–H groups in total. The molecule has 0 fully saturated rings. The predicted molar refractivity (Wildman–Crippen MR) is 87.5 cm³/mol. The molecule has 0 unspecified atom stereocenters. The number of carbonyl (C=O) groups excluding carboxylic acids is 3. The Hall–Kier alpha value is -2.46. The Morgan fingerprint density at radius 3 is 2.22 bits per heavy atom. The van der Waals surface area contributed by atoms with Crippen molar-refractivity contribution in [2.24, 2.45) is 11.5 Å². The van der Waals surface area contributed by atoms with Gasteiger partial charge in [-0.15, -0.1) is 10.2 Å². The van der Waals surface area contributed by atoms with E-state index in [-0.39, 0.29) is 28.5 Å². The molecule has 0 atom stereocenters. The molecule has 0 radical (unpaired) electrons. The Labute approximate surface area is 139 Å². The largest absolute Gasteiger partial charge is 0.366 e. The topological polar surface area (TPSA) is 141 Å². The highest BCUT2D eigenvalue weighted by molar-refractivity contribution is 8.01. The molecule has 0 aliphatic carbocycles. The second-order valence-corrected chi connectivity index (χ2v) is 6.86. The fraction of sp³-hybridized carbons (Fsp3) is 0.154. The van der Waals surface area contributed by atoms with Crippen molar-refractivity contribution in [1.29, 1.82) is 0 Å². The molecule has 2 aromatic rings. The van der Waals surface area contributed by atoms with E-state index in [1.165, 1.54) is 41.3 Å². The lowest BCUT2D eigenvalue weighted by Crippen LogP contribution is -2.18. The molecule has 23 heavy (non-hydrogen) atoms. The molecule has 8 nitrogen and oxygen atoms in total. The first-order valence-electron chi connectivity index (χ1n) is 6.32. The summed E-state index contributed by atoms with van der Waals surface area (Å²) < 4.78 is 0.682. The Bertz CT molecular complexity index is 742. The van der Waals surface area contributed by atoms with Gasteiger partial charge in [-0.1, -0.05) is 23.1 Å². The van der Waals surface area contributed by atoms with Crippen LogP contribution < -0.4 is 16.8 Å². The number of hydrogen-bond acceptors (Lipinski definition) is 7. The number of aryl methyl sites for hydroxylation is 1. The van der Waals surface area contributed by atoms with Crippen LogP contribution in [-0.2, 0) is 4.79 Å². The van der Waals surface area contributed by atoms with Gasteiger partial charge in [0.25, 0.3) is 0 Å². The SMILES string of the molecule is Cc1nnc(SCC(=O)Nc2cc(C(N)=O)cc(C(N)=O)c2)s1. The van der Waals surface area contributed by atoms with Gasteiger partial charge in [0.1, 0.15) is 5.01 Å². The third kappa shape index (κ3) is 4.76. The van der Waals surface area contributed by atoms with Crippen molar-refractivity contribution in [3.8, 4) is 0 Å². The van der Waals surface area contributed by atoms with Crippen LogP contribution in [0.2, 0.25) is 0 Å². The Morgan fingerprint density at radius 1 is 1.13 bits per heavy atom. The molecular weight excluding hydrogens is 338 g/mol. The van der Waals surface area contributed by atoms with Crippen LogP contribution in [-0.4, -0.2) is 33.7 Å². The van der Waals surface area contributed by atoms with E-state index in [0.717, 1.165) is 5.01 Å². The van der Waals surface area contributed by atoms with Gasteiger partial charge in [-0.2, -0.15) is 0 Å². The average Bonchev–Trinajstić information content (AvgIpc) is 2.90. The van der Waals surface area contributed by atoms with Crippen LogP contribution in [0.15, 0.2) is 22.5 Å². The summed E-state index contributed by atoms with van der Waals surface area (Å²) in [5.74, 6) is -1.65. The van der Waals surface area contributed by atoms with Gasteiger partial charge in [0.2, 0.25) is 17.7 Å². The van der Waals surface area contributed by atoms with Crippen molar-refractivity contribution in [2.45, 2.75) is 11.3 Å². The summed E-state index contributed by atoms with van der Waals surface area (Å²) in [5, 5.41) is 11.2. The Morgan fingerprint density at radius 2 is 1.74 bits per heavy atom. The smallest absolute Gasteiger partial charge is 0.248 e. The van der Waals surface area contributed by atoms with Gasteiger partial charge >= 0.3 is 0 Å². The van der Waals surface area contributed by atoms with Crippen LogP contribution >= 0.6 is 23.1 Å². The number of primary amides is 2. The Kier molecular flexibility index (Phi) is 5.29. The number of nitrogens with one attached hydrogen (secondary N) is 1. The predicted octanol–water partition coefficient (Wildman–Crippen LogP) is 0.775. The summed E-state index contributed by atoms with van der Waals surface area (Å²) in [5.41, 5.74) is 10.8. The normalized spacial score (nSPS) is 10.3. The lowest BCUT2D eigenvalue weighted by atomic mass is 10.1. The number of anilines is 1. The van der Waals surface area contributed by atoms with Crippen LogP contribution in [0.3, 0.4) is 0 Å². The molecule has 3 amide bonds. The maximum Gasteiger partial charge on any atom is 0.248 e. The first-order valence-corrected chi connectivity index (χ1v) is 8.13. The van der Waals surface area contributed by atoms with Crippen LogP contribution in [0.25, 0.3) is 0 Å². The highest BCUT2D eigenvalue weighted by atomic mass is 32.2. The number of hydrogen-bond donors (Lipinski definition) is 3. The summed E-state index contributed by atoms with van der Waals surface area (Å²) >= 11 is 2.63. The molecule has 0 spiro atoms. The number of thioether (sulfide) groups is 1. The molecule has 2 rings (SSSR count). The summed E-state index contributed by atoms with van der Waals surface area (Å²) in [6.45, 7) is 1.82. The highest BCUT2D eigenvalue weighted by Gasteiger charge is 2.12. The lowest BCUT2D eigenvalue weighted by Gasteiger charge is -2.08. The molecule has 1 aromatic heterocycles. The van der Waals surface area contributed by atoms with Gasteiger partial charge in [-0.3, -0.25) is 14.4 Å². The van der Waals surface area contributed by atoms with Gasteiger partial charge in [-0.25, -0.2) is 0 Å². The molecule has 0 aliphatic rings. The molecule has 0 bridgehead atoms. The number of amides is 3. The number of carbonyl (C=O) groups is 3. The van der Waals surface area contributed by atoms with E-state index in [2.05, 4.69) is 15.5 Å². The van der Waals surface area contributed by atoms with Crippen LogP contribution in [0.1, 0.15) is 25.7 Å². The molecule has 0 aliphatic heterocycles. The van der Waals surface area contributed by atoms with Gasteiger partial charge < -0.3 is 16.8 Å². The van der Waals surface area contributed by atoms with Crippen LogP contribution in [0.4, 0.5) is 5.69 Å².